The predicted molar refractivity (Wildman–Crippen MR) is 110 cm³/mol. The van der Waals surface area contributed by atoms with Crippen LogP contribution in [0, 0.1) is 5.92 Å². The molecule has 1 heterocycles. The first-order valence-electron chi connectivity index (χ1n) is 10.1. The zero-order valence-electron chi connectivity index (χ0n) is 16.5. The fraction of sp³-hybridized carbons (Fsp3) is 0.478. The molecular weight excluding hydrogens is 334 g/mol. The first kappa shape index (κ1) is 19.6. The number of primary amides is 1. The molecule has 0 atom stereocenters. The fourth-order valence-corrected chi connectivity index (χ4v) is 4.01. The molecule has 0 unspecified atom stereocenters. The standard InChI is InChI=1S/C23H31N3O/c1-17(2)15-26(21-9-4-3-5-10-21)16-18-11-12-22(25-14-18)19-7-6-8-20(13-19)23(24)27/h6-8,11-14,17,21H,3-5,9-10,15-16H2,1-2H3,(H2,24,27). The number of pyridine rings is 1. The fourth-order valence-electron chi connectivity index (χ4n) is 4.01. The van der Waals surface area contributed by atoms with Crippen LogP contribution in [-0.2, 0) is 6.54 Å². The van der Waals surface area contributed by atoms with Crippen LogP contribution >= 0.6 is 0 Å². The van der Waals surface area contributed by atoms with Gasteiger partial charge < -0.3 is 5.73 Å². The highest BCUT2D eigenvalue weighted by Crippen LogP contribution is 2.25. The number of hydrogen-bond donors (Lipinski definition) is 1. The second-order valence-electron chi connectivity index (χ2n) is 8.11. The molecular formula is C23H31N3O. The van der Waals surface area contributed by atoms with Gasteiger partial charge in [0.15, 0.2) is 0 Å². The molecule has 0 bridgehead atoms. The van der Waals surface area contributed by atoms with Crippen LogP contribution in [0.4, 0.5) is 0 Å². The summed E-state index contributed by atoms with van der Waals surface area (Å²) in [6.45, 7) is 6.68. The first-order valence-corrected chi connectivity index (χ1v) is 10.1. The van der Waals surface area contributed by atoms with Crippen molar-refractivity contribution in [2.24, 2.45) is 11.7 Å². The summed E-state index contributed by atoms with van der Waals surface area (Å²) < 4.78 is 0. The van der Waals surface area contributed by atoms with E-state index < -0.39 is 5.91 Å². The minimum absolute atomic E-state index is 0.412. The molecule has 1 aliphatic rings. The van der Waals surface area contributed by atoms with E-state index in [9.17, 15) is 4.79 Å². The molecule has 4 heteroatoms. The maximum absolute atomic E-state index is 11.4. The molecule has 0 spiro atoms. The first-order chi connectivity index (χ1) is 13.0. The van der Waals surface area contributed by atoms with Gasteiger partial charge in [0.1, 0.15) is 0 Å². The lowest BCUT2D eigenvalue weighted by molar-refractivity contribution is 0.100. The Morgan fingerprint density at radius 3 is 2.59 bits per heavy atom. The number of hydrogen-bond acceptors (Lipinski definition) is 3. The Hall–Kier alpha value is -2.20. The largest absolute Gasteiger partial charge is 0.366 e. The summed E-state index contributed by atoms with van der Waals surface area (Å²) in [6.07, 6.45) is 8.70. The summed E-state index contributed by atoms with van der Waals surface area (Å²) in [4.78, 5) is 18.7. The quantitative estimate of drug-likeness (QED) is 0.778. The Morgan fingerprint density at radius 2 is 1.96 bits per heavy atom. The van der Waals surface area contributed by atoms with Crippen molar-refractivity contribution in [1.82, 2.24) is 9.88 Å². The second-order valence-corrected chi connectivity index (χ2v) is 8.11. The molecule has 1 fully saturated rings. The topological polar surface area (TPSA) is 59.2 Å². The zero-order chi connectivity index (χ0) is 19.2. The van der Waals surface area contributed by atoms with E-state index in [4.69, 9.17) is 5.73 Å². The minimum Gasteiger partial charge on any atom is -0.366 e. The van der Waals surface area contributed by atoms with Crippen LogP contribution in [0.1, 0.15) is 61.9 Å². The molecule has 2 N–H and O–H groups in total. The van der Waals surface area contributed by atoms with E-state index >= 15 is 0 Å². The van der Waals surface area contributed by atoms with Gasteiger partial charge in [0.2, 0.25) is 5.91 Å². The summed E-state index contributed by atoms with van der Waals surface area (Å²) >= 11 is 0. The van der Waals surface area contributed by atoms with E-state index in [0.29, 0.717) is 17.5 Å². The van der Waals surface area contributed by atoms with Gasteiger partial charge in [0.05, 0.1) is 5.69 Å². The summed E-state index contributed by atoms with van der Waals surface area (Å²) in [5.41, 5.74) is 8.94. The van der Waals surface area contributed by atoms with Gasteiger partial charge in [0, 0.05) is 36.5 Å². The molecule has 3 rings (SSSR count). The number of rotatable bonds is 7. The SMILES string of the molecule is CC(C)CN(Cc1ccc(-c2cccc(C(N)=O)c2)nc1)C1CCCCC1. The number of carbonyl (C=O) groups is 1. The van der Waals surface area contributed by atoms with Gasteiger partial charge in [-0.1, -0.05) is 51.3 Å². The number of amides is 1. The maximum atomic E-state index is 11.4. The van der Waals surface area contributed by atoms with Crippen molar-refractivity contribution >= 4 is 5.91 Å². The van der Waals surface area contributed by atoms with Gasteiger partial charge in [-0.15, -0.1) is 0 Å². The lowest BCUT2D eigenvalue weighted by Crippen LogP contribution is -2.38. The van der Waals surface area contributed by atoms with Crippen molar-refractivity contribution < 1.29 is 4.79 Å². The molecule has 0 radical (unpaired) electrons. The molecule has 1 aliphatic carbocycles. The molecule has 1 aromatic heterocycles. The smallest absolute Gasteiger partial charge is 0.248 e. The summed E-state index contributed by atoms with van der Waals surface area (Å²) in [6, 6.07) is 12.2. The predicted octanol–water partition coefficient (Wildman–Crippen LogP) is 4.64. The van der Waals surface area contributed by atoms with Crippen molar-refractivity contribution in [3.63, 3.8) is 0 Å². The molecule has 27 heavy (non-hydrogen) atoms. The maximum Gasteiger partial charge on any atom is 0.248 e. The van der Waals surface area contributed by atoms with Crippen molar-refractivity contribution in [2.75, 3.05) is 6.54 Å². The van der Waals surface area contributed by atoms with Crippen LogP contribution in [0.25, 0.3) is 11.3 Å². The Labute approximate surface area is 162 Å². The average molecular weight is 366 g/mol. The summed E-state index contributed by atoms with van der Waals surface area (Å²) in [7, 11) is 0. The van der Waals surface area contributed by atoms with Gasteiger partial charge in [0.25, 0.3) is 0 Å². The van der Waals surface area contributed by atoms with E-state index in [1.54, 1.807) is 12.1 Å². The van der Waals surface area contributed by atoms with Gasteiger partial charge >= 0.3 is 0 Å². The van der Waals surface area contributed by atoms with Crippen LogP contribution in [0.15, 0.2) is 42.6 Å². The minimum atomic E-state index is -0.412. The second kappa shape index (κ2) is 9.14. The Bertz CT molecular complexity index is 748. The molecule has 1 aromatic carbocycles. The molecule has 4 nitrogen and oxygen atoms in total. The monoisotopic (exact) mass is 365 g/mol. The van der Waals surface area contributed by atoms with Crippen LogP contribution in [-0.4, -0.2) is 28.4 Å². The molecule has 0 aliphatic heterocycles. The van der Waals surface area contributed by atoms with E-state index in [1.165, 1.54) is 37.7 Å². The van der Waals surface area contributed by atoms with Crippen LogP contribution in [0.3, 0.4) is 0 Å². The lowest BCUT2D eigenvalue weighted by atomic mass is 9.93. The highest BCUT2D eigenvalue weighted by atomic mass is 16.1. The third-order valence-corrected chi connectivity index (χ3v) is 5.34. The van der Waals surface area contributed by atoms with Crippen molar-refractivity contribution in [3.8, 4) is 11.3 Å². The number of benzene rings is 1. The van der Waals surface area contributed by atoms with E-state index in [-0.39, 0.29) is 0 Å². The number of nitrogens with two attached hydrogens (primary N) is 1. The van der Waals surface area contributed by atoms with Crippen molar-refractivity contribution in [1.29, 1.82) is 0 Å². The normalized spacial score (nSPS) is 15.4. The van der Waals surface area contributed by atoms with Gasteiger partial charge in [-0.3, -0.25) is 14.7 Å². The third-order valence-electron chi connectivity index (χ3n) is 5.34. The highest BCUT2D eigenvalue weighted by molar-refractivity contribution is 5.93. The molecule has 0 saturated heterocycles. The lowest BCUT2D eigenvalue weighted by Gasteiger charge is -2.35. The number of carbonyl (C=O) groups excluding carboxylic acids is 1. The van der Waals surface area contributed by atoms with Crippen LogP contribution in [0.2, 0.25) is 0 Å². The van der Waals surface area contributed by atoms with Crippen molar-refractivity contribution in [3.05, 3.63) is 53.7 Å². The van der Waals surface area contributed by atoms with Crippen LogP contribution in [0.5, 0.6) is 0 Å². The molecule has 1 amide bonds. The molecule has 2 aromatic rings. The molecule has 1 saturated carbocycles. The van der Waals surface area contributed by atoms with Gasteiger partial charge in [-0.05, 0) is 42.5 Å². The van der Waals surface area contributed by atoms with E-state index in [2.05, 4.69) is 29.8 Å². The Morgan fingerprint density at radius 1 is 1.19 bits per heavy atom. The zero-order valence-corrected chi connectivity index (χ0v) is 16.5. The molecule has 144 valence electrons. The van der Waals surface area contributed by atoms with Gasteiger partial charge in [-0.2, -0.15) is 0 Å². The highest BCUT2D eigenvalue weighted by Gasteiger charge is 2.22. The average Bonchev–Trinajstić information content (AvgIpc) is 2.68. The number of nitrogens with zero attached hydrogens (tertiary/aromatic N) is 2. The number of aromatic nitrogens is 1. The van der Waals surface area contributed by atoms with Gasteiger partial charge in [-0.25, -0.2) is 0 Å². The Balaban J connectivity index is 1.73. The van der Waals surface area contributed by atoms with E-state index in [1.807, 2.05) is 24.4 Å². The Kier molecular flexibility index (Phi) is 6.62. The van der Waals surface area contributed by atoms with Crippen LogP contribution < -0.4 is 5.73 Å². The van der Waals surface area contributed by atoms with Crippen molar-refractivity contribution in [2.45, 2.75) is 58.5 Å². The third kappa shape index (κ3) is 5.39. The van der Waals surface area contributed by atoms with E-state index in [0.717, 1.165) is 24.3 Å². The summed E-state index contributed by atoms with van der Waals surface area (Å²) in [5.74, 6) is 0.251. The summed E-state index contributed by atoms with van der Waals surface area (Å²) in [5, 5.41) is 0.